The van der Waals surface area contributed by atoms with Crippen molar-refractivity contribution in [1.29, 1.82) is 0 Å². The number of carboxylic acid groups (broad SMARTS) is 3. The Balaban J connectivity index is 0.00000103. The normalized spacial score (nSPS) is 22.5. The molecule has 6 N–H and O–H groups in total. The first kappa shape index (κ1) is 40.7. The second-order valence-corrected chi connectivity index (χ2v) is 13.1. The van der Waals surface area contributed by atoms with Gasteiger partial charge in [-0.05, 0) is 69.1 Å². The van der Waals surface area contributed by atoms with E-state index in [-0.39, 0.29) is 18.4 Å². The van der Waals surface area contributed by atoms with Crippen LogP contribution in [0, 0.1) is 23.7 Å². The zero-order valence-corrected chi connectivity index (χ0v) is 27.6. The van der Waals surface area contributed by atoms with Crippen molar-refractivity contribution in [3.63, 3.8) is 0 Å². The largest absolute Gasteiger partial charge is 0.542 e. The van der Waals surface area contributed by atoms with Crippen molar-refractivity contribution in [3.8, 4) is 0 Å². The minimum absolute atomic E-state index is 0.149. The summed E-state index contributed by atoms with van der Waals surface area (Å²) in [5, 5.41) is 35.3. The van der Waals surface area contributed by atoms with Gasteiger partial charge in [-0.2, -0.15) is 13.2 Å². The average molecular weight is 693 g/mol. The first-order valence-corrected chi connectivity index (χ1v) is 17.0. The topological polar surface area (TPSA) is 210 Å². The number of carbonyl (C=O) groups is 6. The molecular weight excluding hydrogens is 641 g/mol. The number of piperidine rings is 1. The van der Waals surface area contributed by atoms with Crippen molar-refractivity contribution >= 4 is 35.6 Å². The fourth-order valence-electron chi connectivity index (χ4n) is 7.32. The molecule has 13 nitrogen and oxygen atoms in total. The molecule has 0 aromatic heterocycles. The Hall–Kier alpha value is -3.43. The fourth-order valence-corrected chi connectivity index (χ4v) is 7.32. The smallest absolute Gasteiger partial charge is 0.430 e. The molecule has 2 saturated carbocycles. The minimum Gasteiger partial charge on any atom is -0.542 e. The Labute approximate surface area is 278 Å². The maximum Gasteiger partial charge on any atom is 0.430 e. The summed E-state index contributed by atoms with van der Waals surface area (Å²) in [5.41, 5.74) is 0. The monoisotopic (exact) mass is 692 g/mol. The highest BCUT2D eigenvalue weighted by Crippen LogP contribution is 2.45. The SMILES string of the molecule is CCN(CC(=O)N[C@@H](CC(=O)O)C(=O)N[C@@H](CC1CCCC2CCCCC21)C(=O)O)C(=O)CCCC1CC[NH2+]CC1.O=C([O-])C(F)(F)F. The van der Waals surface area contributed by atoms with Crippen LogP contribution in [-0.4, -0.2) is 95.2 Å². The van der Waals surface area contributed by atoms with E-state index >= 15 is 0 Å². The molecule has 1 saturated heterocycles. The summed E-state index contributed by atoms with van der Waals surface area (Å²) in [4.78, 5) is 72.5. The Morgan fingerprint density at radius 1 is 0.917 bits per heavy atom. The number of fused-ring (bicyclic) bond motifs is 1. The fraction of sp³-hybridized carbons (Fsp3) is 0.812. The zero-order chi connectivity index (χ0) is 35.9. The second-order valence-electron chi connectivity index (χ2n) is 13.1. The lowest BCUT2D eigenvalue weighted by Gasteiger charge is -2.42. The Bertz CT molecular complexity index is 1100. The van der Waals surface area contributed by atoms with Gasteiger partial charge in [0, 0.05) is 13.0 Å². The van der Waals surface area contributed by atoms with E-state index in [0.717, 1.165) is 64.5 Å². The molecule has 0 bridgehead atoms. The number of carbonyl (C=O) groups excluding carboxylic acids is 4. The van der Waals surface area contributed by atoms with Crippen LogP contribution in [0.5, 0.6) is 0 Å². The number of rotatable bonds is 15. The Morgan fingerprint density at radius 3 is 2.12 bits per heavy atom. The van der Waals surface area contributed by atoms with Gasteiger partial charge in [0.1, 0.15) is 18.1 Å². The molecule has 16 heteroatoms. The summed E-state index contributed by atoms with van der Waals surface area (Å²) in [6.45, 7) is 4.04. The van der Waals surface area contributed by atoms with Gasteiger partial charge < -0.3 is 41.0 Å². The van der Waals surface area contributed by atoms with Crippen LogP contribution >= 0.6 is 0 Å². The molecule has 1 heterocycles. The van der Waals surface area contributed by atoms with E-state index in [1.807, 2.05) is 0 Å². The number of nitrogens with two attached hydrogens (primary N) is 1. The number of alkyl halides is 3. The molecule has 0 spiro atoms. The maximum atomic E-state index is 13.1. The van der Waals surface area contributed by atoms with Crippen LogP contribution in [0.4, 0.5) is 13.2 Å². The summed E-state index contributed by atoms with van der Waals surface area (Å²) in [5.74, 6) is -5.18. The number of nitrogens with one attached hydrogen (secondary N) is 2. The number of hydrogen-bond donors (Lipinski definition) is 5. The Morgan fingerprint density at radius 2 is 1.54 bits per heavy atom. The van der Waals surface area contributed by atoms with Crippen LogP contribution in [0.25, 0.3) is 0 Å². The molecule has 1 aliphatic heterocycles. The van der Waals surface area contributed by atoms with E-state index in [1.54, 1.807) is 6.92 Å². The number of quaternary nitrogens is 1. The molecule has 274 valence electrons. The number of nitrogens with zero attached hydrogens (tertiary/aromatic N) is 1. The van der Waals surface area contributed by atoms with Crippen LogP contribution in [0.3, 0.4) is 0 Å². The van der Waals surface area contributed by atoms with Crippen molar-refractivity contribution in [2.24, 2.45) is 23.7 Å². The molecule has 0 radical (unpaired) electrons. The van der Waals surface area contributed by atoms with Crippen LogP contribution in [0.15, 0.2) is 0 Å². The molecule has 3 aliphatic rings. The van der Waals surface area contributed by atoms with Gasteiger partial charge in [-0.3, -0.25) is 19.2 Å². The molecule has 48 heavy (non-hydrogen) atoms. The van der Waals surface area contributed by atoms with Crippen molar-refractivity contribution in [2.75, 3.05) is 26.2 Å². The van der Waals surface area contributed by atoms with Crippen molar-refractivity contribution in [3.05, 3.63) is 0 Å². The number of halogens is 3. The third-order valence-corrected chi connectivity index (χ3v) is 9.77. The van der Waals surface area contributed by atoms with E-state index in [0.29, 0.717) is 37.1 Å². The quantitative estimate of drug-likeness (QED) is 0.164. The van der Waals surface area contributed by atoms with E-state index in [4.69, 9.17) is 9.90 Å². The van der Waals surface area contributed by atoms with E-state index in [9.17, 15) is 47.4 Å². The predicted octanol–water partition coefficient (Wildman–Crippen LogP) is 0.803. The maximum absolute atomic E-state index is 13.1. The van der Waals surface area contributed by atoms with Gasteiger partial charge in [-0.25, -0.2) is 4.79 Å². The number of amides is 3. The van der Waals surface area contributed by atoms with Gasteiger partial charge in [-0.1, -0.05) is 38.5 Å². The molecule has 3 fully saturated rings. The van der Waals surface area contributed by atoms with Crippen molar-refractivity contribution < 1.29 is 62.6 Å². The standard InChI is InChI=1S/C30H50N4O7.C2HF3O2/c1-2-34(27(36)12-5-7-20-13-15-31-16-14-20)19-26(35)32-24(18-28(37)38)29(39)33-25(30(40)41)17-22-10-6-9-21-8-3-4-11-23(21)22;3-2(4,5)1(6)7/h20-25,31H,2-19H2,1H3,(H,32,35)(H,33,39)(H,37,38)(H,40,41);(H,6,7)/t21?,22?,23?,24-,25-;/m0./s1. The van der Waals surface area contributed by atoms with Crippen LogP contribution in [0.2, 0.25) is 0 Å². The van der Waals surface area contributed by atoms with Crippen LogP contribution in [0.1, 0.15) is 96.8 Å². The number of carboxylic acids is 3. The molecule has 0 aromatic rings. The van der Waals surface area contributed by atoms with Crippen molar-refractivity contribution in [1.82, 2.24) is 15.5 Å². The minimum atomic E-state index is -5.19. The summed E-state index contributed by atoms with van der Waals surface area (Å²) in [6, 6.07) is -2.59. The molecule has 5 atom stereocenters. The summed E-state index contributed by atoms with van der Waals surface area (Å²) in [6.07, 6.45) is 6.58. The highest BCUT2D eigenvalue weighted by Gasteiger charge is 2.38. The molecule has 3 unspecified atom stereocenters. The third kappa shape index (κ3) is 14.4. The lowest BCUT2D eigenvalue weighted by molar-refractivity contribution is -0.664. The van der Waals surface area contributed by atoms with Gasteiger partial charge in [0.05, 0.1) is 26.1 Å². The molecule has 3 rings (SSSR count). The summed E-state index contributed by atoms with van der Waals surface area (Å²) in [7, 11) is 0. The van der Waals surface area contributed by atoms with E-state index in [2.05, 4.69) is 16.0 Å². The summed E-state index contributed by atoms with van der Waals surface area (Å²) >= 11 is 0. The van der Waals surface area contributed by atoms with Crippen LogP contribution in [-0.2, 0) is 28.8 Å². The highest BCUT2D eigenvalue weighted by atomic mass is 19.4. The molecular formula is C32H51F3N4O9. The Kier molecular flexibility index (Phi) is 17.1. The zero-order valence-electron chi connectivity index (χ0n) is 27.6. The second kappa shape index (κ2) is 20.2. The van der Waals surface area contributed by atoms with E-state index in [1.165, 1.54) is 24.2 Å². The van der Waals surface area contributed by atoms with Gasteiger partial charge in [0.25, 0.3) is 0 Å². The lowest BCUT2D eigenvalue weighted by atomic mass is 9.64. The number of hydrogen-bond acceptors (Lipinski definition) is 7. The summed E-state index contributed by atoms with van der Waals surface area (Å²) < 4.78 is 31.5. The predicted molar refractivity (Wildman–Crippen MR) is 163 cm³/mol. The van der Waals surface area contributed by atoms with Gasteiger partial charge in [-0.15, -0.1) is 0 Å². The van der Waals surface area contributed by atoms with Crippen molar-refractivity contribution in [2.45, 2.75) is 115 Å². The first-order chi connectivity index (χ1) is 22.6. The van der Waals surface area contributed by atoms with Gasteiger partial charge in [0.2, 0.25) is 17.7 Å². The molecule has 3 amide bonds. The lowest BCUT2D eigenvalue weighted by Crippen LogP contribution is -2.86. The third-order valence-electron chi connectivity index (χ3n) is 9.77. The molecule has 2 aliphatic carbocycles. The highest BCUT2D eigenvalue weighted by molar-refractivity contribution is 5.94. The average Bonchev–Trinajstić information content (AvgIpc) is 3.03. The van der Waals surface area contributed by atoms with Crippen LogP contribution < -0.4 is 21.1 Å². The van der Waals surface area contributed by atoms with E-state index < -0.39 is 54.4 Å². The van der Waals surface area contributed by atoms with Gasteiger partial charge in [0.15, 0.2) is 0 Å². The van der Waals surface area contributed by atoms with Gasteiger partial charge >= 0.3 is 18.1 Å². The number of likely N-dealkylation sites (N-methyl/N-ethyl adjacent to an activating group) is 1. The molecule has 0 aromatic carbocycles. The number of aliphatic carboxylic acids is 3. The first-order valence-electron chi connectivity index (χ1n) is 17.0.